The molecule has 0 saturated carbocycles. The number of nitrogens with zero attached hydrogens (tertiary/aromatic N) is 1. The summed E-state index contributed by atoms with van der Waals surface area (Å²) in [7, 11) is 3.24. The molecule has 1 aromatic carbocycles. The zero-order valence-electron chi connectivity index (χ0n) is 15.1. The number of hydrogen-bond acceptors (Lipinski definition) is 5. The first kappa shape index (κ1) is 18.6. The second-order valence-electron chi connectivity index (χ2n) is 6.42. The number of para-hydroxylation sites is 1. The molecule has 0 radical (unpaired) electrons. The van der Waals surface area contributed by atoms with Crippen LogP contribution in [0.5, 0.6) is 5.75 Å². The van der Waals surface area contributed by atoms with Crippen molar-refractivity contribution in [3.63, 3.8) is 0 Å². The molecule has 1 aliphatic carbocycles. The summed E-state index contributed by atoms with van der Waals surface area (Å²) in [6.45, 7) is 7.86. The van der Waals surface area contributed by atoms with Crippen molar-refractivity contribution < 1.29 is 14.7 Å². The number of carbonyl (C=O) groups is 2. The van der Waals surface area contributed by atoms with Gasteiger partial charge in [0.25, 0.3) is 5.91 Å². The molecule has 1 amide bonds. The fourth-order valence-corrected chi connectivity index (χ4v) is 2.69. The lowest BCUT2D eigenvalue weighted by Gasteiger charge is -2.29. The van der Waals surface area contributed by atoms with Gasteiger partial charge in [0.2, 0.25) is 5.78 Å². The lowest BCUT2D eigenvalue weighted by atomic mass is 9.92. The summed E-state index contributed by atoms with van der Waals surface area (Å²) in [5.41, 5.74) is 1.93. The molecule has 0 aromatic heterocycles. The first-order chi connectivity index (χ1) is 11.8. The van der Waals surface area contributed by atoms with Crippen LogP contribution in [-0.4, -0.2) is 41.8 Å². The Labute approximate surface area is 148 Å². The third-order valence-electron chi connectivity index (χ3n) is 4.10. The lowest BCUT2D eigenvalue weighted by molar-refractivity contribution is -0.113. The molecule has 0 heterocycles. The van der Waals surface area contributed by atoms with Gasteiger partial charge >= 0.3 is 0 Å². The number of hydrogen-bond donors (Lipinski definition) is 3. The highest BCUT2D eigenvalue weighted by atomic mass is 16.3. The topological polar surface area (TPSA) is 81.7 Å². The number of phenolic OH excluding ortho intramolecular Hbond substituents is 1. The summed E-state index contributed by atoms with van der Waals surface area (Å²) in [4.78, 5) is 25.6. The quantitative estimate of drug-likeness (QED) is 0.524. The number of aromatic hydroxyl groups is 1. The van der Waals surface area contributed by atoms with E-state index >= 15 is 0 Å². The highest BCUT2D eigenvalue weighted by Crippen LogP contribution is 2.34. The highest BCUT2D eigenvalue weighted by Gasteiger charge is 2.33. The number of Topliss-reactive ketones (excluding diaryl/α,β-unsaturated/α-hetero) is 1. The number of allylic oxidation sites excluding steroid dienone is 2. The molecule has 1 aromatic rings. The Morgan fingerprint density at radius 2 is 2.00 bits per heavy atom. The second kappa shape index (κ2) is 7.42. The van der Waals surface area contributed by atoms with E-state index in [1.165, 1.54) is 4.90 Å². The molecule has 0 fully saturated rings. The Hall–Kier alpha value is -2.76. The highest BCUT2D eigenvalue weighted by molar-refractivity contribution is 6.20. The van der Waals surface area contributed by atoms with E-state index in [1.807, 2.05) is 6.92 Å². The van der Waals surface area contributed by atoms with E-state index in [9.17, 15) is 14.7 Å². The van der Waals surface area contributed by atoms with Crippen LogP contribution in [0.25, 0.3) is 0 Å². The first-order valence-electron chi connectivity index (χ1n) is 8.33. The van der Waals surface area contributed by atoms with E-state index in [2.05, 4.69) is 24.1 Å². The van der Waals surface area contributed by atoms with Crippen molar-refractivity contribution in [2.24, 2.45) is 0 Å². The monoisotopic (exact) mass is 343 g/mol. The minimum atomic E-state index is -0.298. The van der Waals surface area contributed by atoms with Crippen LogP contribution in [0.4, 0.5) is 5.69 Å². The average molecular weight is 343 g/mol. The molecule has 1 aliphatic rings. The SMILES string of the molecule is C=C1C(=O)C(NC(C)CCC)=C1Nc1cccc(C(=O)N(C)C)c1O. The Kier molecular flexibility index (Phi) is 5.51. The van der Waals surface area contributed by atoms with Gasteiger partial charge in [0.1, 0.15) is 5.70 Å². The summed E-state index contributed by atoms with van der Waals surface area (Å²) in [6.07, 6.45) is 1.95. The number of nitrogens with one attached hydrogen (secondary N) is 2. The molecule has 1 atom stereocenters. The molecule has 0 spiro atoms. The summed E-state index contributed by atoms with van der Waals surface area (Å²) >= 11 is 0. The summed E-state index contributed by atoms with van der Waals surface area (Å²) in [6, 6.07) is 5.04. The molecular formula is C19H25N3O3. The summed E-state index contributed by atoms with van der Waals surface area (Å²) in [5, 5.41) is 16.6. The maximum atomic E-state index is 12.1. The van der Waals surface area contributed by atoms with Gasteiger partial charge in [-0.3, -0.25) is 9.59 Å². The molecular weight excluding hydrogens is 318 g/mol. The van der Waals surface area contributed by atoms with Crippen LogP contribution in [0.15, 0.2) is 41.7 Å². The van der Waals surface area contributed by atoms with Gasteiger partial charge in [-0.05, 0) is 25.5 Å². The third-order valence-corrected chi connectivity index (χ3v) is 4.10. The minimum Gasteiger partial charge on any atom is -0.505 e. The third kappa shape index (κ3) is 3.68. The van der Waals surface area contributed by atoms with E-state index < -0.39 is 0 Å². The van der Waals surface area contributed by atoms with Gasteiger partial charge in [0, 0.05) is 25.7 Å². The van der Waals surface area contributed by atoms with E-state index in [-0.39, 0.29) is 29.0 Å². The zero-order chi connectivity index (χ0) is 18.7. The Morgan fingerprint density at radius 3 is 2.60 bits per heavy atom. The van der Waals surface area contributed by atoms with Crippen LogP contribution in [-0.2, 0) is 4.79 Å². The van der Waals surface area contributed by atoms with Crippen LogP contribution < -0.4 is 10.6 Å². The molecule has 0 bridgehead atoms. The maximum absolute atomic E-state index is 12.1. The maximum Gasteiger partial charge on any atom is 0.257 e. The van der Waals surface area contributed by atoms with Crippen LogP contribution in [0.3, 0.4) is 0 Å². The molecule has 2 rings (SSSR count). The number of anilines is 1. The molecule has 0 aliphatic heterocycles. The van der Waals surface area contributed by atoms with Crippen molar-refractivity contribution in [1.29, 1.82) is 0 Å². The fraction of sp³-hybridized carbons (Fsp3) is 0.368. The Balaban J connectivity index is 2.30. The standard InChI is InChI=1S/C19H25N3O3/c1-6-8-11(2)20-16-15(12(3)17(16)23)21-14-10-7-9-13(18(14)24)19(25)22(4)5/h7,9-11,20-21,24H,3,6,8H2,1-2,4-5H3. The van der Waals surface area contributed by atoms with Gasteiger partial charge in [0.15, 0.2) is 5.75 Å². The molecule has 3 N–H and O–H groups in total. The van der Waals surface area contributed by atoms with Gasteiger partial charge in [-0.15, -0.1) is 0 Å². The van der Waals surface area contributed by atoms with Gasteiger partial charge in [-0.1, -0.05) is 26.0 Å². The van der Waals surface area contributed by atoms with Crippen molar-refractivity contribution in [2.45, 2.75) is 32.7 Å². The van der Waals surface area contributed by atoms with Crippen molar-refractivity contribution in [2.75, 3.05) is 19.4 Å². The normalized spacial score (nSPS) is 14.9. The molecule has 134 valence electrons. The van der Waals surface area contributed by atoms with Gasteiger partial charge < -0.3 is 20.6 Å². The Bertz CT molecular complexity index is 750. The average Bonchev–Trinajstić information content (AvgIpc) is 2.58. The molecule has 25 heavy (non-hydrogen) atoms. The van der Waals surface area contributed by atoms with Crippen molar-refractivity contribution in [3.05, 3.63) is 47.3 Å². The van der Waals surface area contributed by atoms with Gasteiger partial charge in [-0.2, -0.15) is 0 Å². The molecule has 0 saturated heterocycles. The summed E-state index contributed by atoms with van der Waals surface area (Å²) in [5.74, 6) is -0.583. The number of ketones is 1. The van der Waals surface area contributed by atoms with Gasteiger partial charge in [0.05, 0.1) is 16.9 Å². The minimum absolute atomic E-state index is 0.134. The van der Waals surface area contributed by atoms with E-state index in [1.54, 1.807) is 32.3 Å². The number of phenols is 1. The smallest absolute Gasteiger partial charge is 0.257 e. The van der Waals surface area contributed by atoms with Crippen LogP contribution in [0, 0.1) is 0 Å². The number of amides is 1. The van der Waals surface area contributed by atoms with Crippen molar-refractivity contribution in [3.8, 4) is 5.75 Å². The predicted octanol–water partition coefficient (Wildman–Crippen LogP) is 2.63. The molecule has 1 unspecified atom stereocenters. The fourth-order valence-electron chi connectivity index (χ4n) is 2.69. The lowest BCUT2D eigenvalue weighted by Crippen LogP contribution is -2.39. The van der Waals surface area contributed by atoms with E-state index in [4.69, 9.17) is 0 Å². The zero-order valence-corrected chi connectivity index (χ0v) is 15.1. The number of carbonyl (C=O) groups excluding carboxylic acids is 2. The Morgan fingerprint density at radius 1 is 1.32 bits per heavy atom. The van der Waals surface area contributed by atoms with Crippen LogP contribution in [0.1, 0.15) is 37.0 Å². The van der Waals surface area contributed by atoms with E-state index in [0.717, 1.165) is 12.8 Å². The van der Waals surface area contributed by atoms with Crippen LogP contribution in [0.2, 0.25) is 0 Å². The predicted molar refractivity (Wildman–Crippen MR) is 98.4 cm³/mol. The molecule has 6 heteroatoms. The van der Waals surface area contributed by atoms with Crippen LogP contribution >= 0.6 is 0 Å². The van der Waals surface area contributed by atoms with Gasteiger partial charge in [-0.25, -0.2) is 0 Å². The van der Waals surface area contributed by atoms with Crippen molar-refractivity contribution >= 4 is 17.4 Å². The first-order valence-corrected chi connectivity index (χ1v) is 8.33. The number of benzene rings is 1. The second-order valence-corrected chi connectivity index (χ2v) is 6.42. The summed E-state index contributed by atoms with van der Waals surface area (Å²) < 4.78 is 0. The largest absolute Gasteiger partial charge is 0.505 e. The van der Waals surface area contributed by atoms with E-state index in [0.29, 0.717) is 22.7 Å². The number of rotatable bonds is 7. The van der Waals surface area contributed by atoms with Crippen molar-refractivity contribution in [1.82, 2.24) is 10.2 Å². The molecule has 6 nitrogen and oxygen atoms in total.